The van der Waals surface area contributed by atoms with Crippen LogP contribution >= 0.6 is 0 Å². The molecule has 3 aromatic rings. The largest absolute Gasteiger partial charge is 0.465 e. The second-order valence-corrected chi connectivity index (χ2v) is 5.34. The predicted molar refractivity (Wildman–Crippen MR) is 88.1 cm³/mol. The molecular weight excluding hydrogens is 351 g/mol. The molecule has 0 spiro atoms. The zero-order valence-corrected chi connectivity index (χ0v) is 13.4. The number of fused-ring (bicyclic) bond motifs is 1. The first-order chi connectivity index (χ1) is 12.3. The van der Waals surface area contributed by atoms with Crippen LogP contribution in [0.3, 0.4) is 0 Å². The van der Waals surface area contributed by atoms with Gasteiger partial charge in [0.05, 0.1) is 23.9 Å². The summed E-state index contributed by atoms with van der Waals surface area (Å²) in [5.74, 6) is -0.939. The highest BCUT2D eigenvalue weighted by atomic mass is 19.4. The van der Waals surface area contributed by atoms with Crippen molar-refractivity contribution < 1.29 is 22.7 Å². The summed E-state index contributed by atoms with van der Waals surface area (Å²) in [6.45, 7) is 0. The molecule has 134 valence electrons. The number of carbonyl (C=O) groups is 1. The number of nitrogen functional groups attached to an aromatic ring is 1. The molecule has 0 aliphatic heterocycles. The highest BCUT2D eigenvalue weighted by Gasteiger charge is 2.32. The lowest BCUT2D eigenvalue weighted by Gasteiger charge is -2.16. The molecule has 1 aromatic carbocycles. The number of carbonyl (C=O) groups excluding carboxylic acids is 1. The fourth-order valence-electron chi connectivity index (χ4n) is 2.60. The van der Waals surface area contributed by atoms with E-state index >= 15 is 0 Å². The molecule has 2 heterocycles. The zero-order valence-electron chi connectivity index (χ0n) is 13.4. The molecule has 0 aliphatic rings. The van der Waals surface area contributed by atoms with Gasteiger partial charge in [0.15, 0.2) is 0 Å². The standard InChI is InChI=1S/C17H12F3N3O3/c1-26-16(25)13-14(21)10-6-5-9(17(18,19)20)8-11(10)23(15(13)24)12-4-2-3-7-22-12/h2-8H,21H2,1H3. The Labute approximate surface area is 144 Å². The molecule has 2 N–H and O–H groups in total. The Morgan fingerprint density at radius 1 is 1.23 bits per heavy atom. The first-order valence-electron chi connectivity index (χ1n) is 7.31. The van der Waals surface area contributed by atoms with Crippen LogP contribution in [0.1, 0.15) is 15.9 Å². The smallest absolute Gasteiger partial charge is 0.416 e. The molecule has 26 heavy (non-hydrogen) atoms. The normalized spacial score (nSPS) is 11.5. The number of alkyl halides is 3. The zero-order chi connectivity index (χ0) is 19.1. The molecule has 2 aromatic heterocycles. The van der Waals surface area contributed by atoms with E-state index in [1.54, 1.807) is 12.1 Å². The summed E-state index contributed by atoms with van der Waals surface area (Å²) < 4.78 is 44.8. The summed E-state index contributed by atoms with van der Waals surface area (Å²) in [4.78, 5) is 28.8. The van der Waals surface area contributed by atoms with Crippen molar-refractivity contribution in [2.45, 2.75) is 6.18 Å². The van der Waals surface area contributed by atoms with Crippen LogP contribution < -0.4 is 11.3 Å². The molecule has 0 aliphatic carbocycles. The first kappa shape index (κ1) is 17.5. The lowest BCUT2D eigenvalue weighted by atomic mass is 10.1. The van der Waals surface area contributed by atoms with Crippen LogP contribution in [0.4, 0.5) is 18.9 Å². The summed E-state index contributed by atoms with van der Waals surface area (Å²) in [7, 11) is 1.07. The van der Waals surface area contributed by atoms with Gasteiger partial charge in [-0.05, 0) is 24.3 Å². The van der Waals surface area contributed by atoms with Crippen molar-refractivity contribution in [3.05, 3.63) is 64.1 Å². The maximum absolute atomic E-state index is 13.1. The van der Waals surface area contributed by atoms with E-state index in [4.69, 9.17) is 5.73 Å². The van der Waals surface area contributed by atoms with E-state index in [9.17, 15) is 22.8 Å². The number of ether oxygens (including phenoxy) is 1. The number of esters is 1. The van der Waals surface area contributed by atoms with E-state index < -0.39 is 28.8 Å². The number of rotatable bonds is 2. The minimum absolute atomic E-state index is 0.0481. The van der Waals surface area contributed by atoms with Crippen molar-refractivity contribution in [2.24, 2.45) is 0 Å². The van der Waals surface area contributed by atoms with Crippen molar-refractivity contribution in [3.8, 4) is 5.82 Å². The number of anilines is 1. The van der Waals surface area contributed by atoms with Crippen LogP contribution in [0, 0.1) is 0 Å². The lowest BCUT2D eigenvalue weighted by Crippen LogP contribution is -2.29. The number of pyridine rings is 2. The molecule has 0 atom stereocenters. The van der Waals surface area contributed by atoms with Crippen molar-refractivity contribution in [2.75, 3.05) is 12.8 Å². The molecular formula is C17H12F3N3O3. The summed E-state index contributed by atoms with van der Waals surface area (Å²) >= 11 is 0. The van der Waals surface area contributed by atoms with Gasteiger partial charge in [0.2, 0.25) is 0 Å². The Morgan fingerprint density at radius 3 is 2.54 bits per heavy atom. The van der Waals surface area contributed by atoms with Gasteiger partial charge < -0.3 is 10.5 Å². The van der Waals surface area contributed by atoms with Gasteiger partial charge in [0.1, 0.15) is 11.4 Å². The Kier molecular flexibility index (Phi) is 4.15. The third-order valence-corrected chi connectivity index (χ3v) is 3.81. The Morgan fingerprint density at radius 2 is 1.96 bits per heavy atom. The minimum Gasteiger partial charge on any atom is -0.465 e. The predicted octanol–water partition coefficient (Wildman–Crippen LogP) is 2.77. The summed E-state index contributed by atoms with van der Waals surface area (Å²) in [5, 5.41) is 0.101. The quantitative estimate of drug-likeness (QED) is 0.708. The summed E-state index contributed by atoms with van der Waals surface area (Å²) in [5.41, 5.74) is 3.17. The molecule has 0 saturated carbocycles. The number of hydrogen-bond donors (Lipinski definition) is 1. The van der Waals surface area contributed by atoms with Crippen molar-refractivity contribution in [3.63, 3.8) is 0 Å². The lowest BCUT2D eigenvalue weighted by molar-refractivity contribution is -0.137. The monoisotopic (exact) mass is 363 g/mol. The fourth-order valence-corrected chi connectivity index (χ4v) is 2.60. The third kappa shape index (κ3) is 2.77. The fraction of sp³-hybridized carbons (Fsp3) is 0.118. The molecule has 3 rings (SSSR count). The highest BCUT2D eigenvalue weighted by Crippen LogP contribution is 2.33. The minimum atomic E-state index is -4.62. The number of hydrogen-bond acceptors (Lipinski definition) is 5. The molecule has 0 fully saturated rings. The maximum atomic E-state index is 13.1. The second kappa shape index (κ2) is 6.17. The number of benzene rings is 1. The van der Waals surface area contributed by atoms with E-state index in [1.807, 2.05) is 0 Å². The van der Waals surface area contributed by atoms with Gasteiger partial charge in [-0.15, -0.1) is 0 Å². The Balaban J connectivity index is 2.51. The Bertz CT molecular complexity index is 1060. The summed E-state index contributed by atoms with van der Waals surface area (Å²) in [6, 6.07) is 7.30. The van der Waals surface area contributed by atoms with Crippen LogP contribution in [0.25, 0.3) is 16.7 Å². The molecule has 0 bridgehead atoms. The van der Waals surface area contributed by atoms with E-state index in [2.05, 4.69) is 9.72 Å². The molecule has 0 radical (unpaired) electrons. The second-order valence-electron chi connectivity index (χ2n) is 5.34. The first-order valence-corrected chi connectivity index (χ1v) is 7.31. The van der Waals surface area contributed by atoms with Crippen molar-refractivity contribution >= 4 is 22.6 Å². The van der Waals surface area contributed by atoms with E-state index in [-0.39, 0.29) is 22.4 Å². The average Bonchev–Trinajstić information content (AvgIpc) is 2.61. The van der Waals surface area contributed by atoms with Gasteiger partial charge in [-0.2, -0.15) is 13.2 Å². The van der Waals surface area contributed by atoms with Gasteiger partial charge in [0.25, 0.3) is 5.56 Å². The Hall–Kier alpha value is -3.36. The van der Waals surface area contributed by atoms with Crippen molar-refractivity contribution in [1.29, 1.82) is 0 Å². The molecule has 9 heteroatoms. The van der Waals surface area contributed by atoms with Crippen LogP contribution in [0.2, 0.25) is 0 Å². The van der Waals surface area contributed by atoms with E-state index in [1.165, 1.54) is 12.3 Å². The van der Waals surface area contributed by atoms with Gasteiger partial charge in [-0.3, -0.25) is 9.36 Å². The molecule has 0 amide bonds. The number of nitrogens with zero attached hydrogens (tertiary/aromatic N) is 2. The van der Waals surface area contributed by atoms with Gasteiger partial charge in [0, 0.05) is 11.6 Å². The number of methoxy groups -OCH3 is 1. The third-order valence-electron chi connectivity index (χ3n) is 3.81. The van der Waals surface area contributed by atoms with E-state index in [0.717, 1.165) is 29.9 Å². The van der Waals surface area contributed by atoms with Gasteiger partial charge >= 0.3 is 12.1 Å². The van der Waals surface area contributed by atoms with Crippen LogP contribution in [-0.2, 0) is 10.9 Å². The van der Waals surface area contributed by atoms with Gasteiger partial charge in [-0.1, -0.05) is 12.1 Å². The van der Waals surface area contributed by atoms with Crippen LogP contribution in [0.5, 0.6) is 0 Å². The highest BCUT2D eigenvalue weighted by molar-refractivity contribution is 6.04. The number of nitrogens with two attached hydrogens (primary N) is 1. The molecule has 0 saturated heterocycles. The SMILES string of the molecule is COC(=O)c1c(N)c2ccc(C(F)(F)F)cc2n(-c2ccccn2)c1=O. The van der Waals surface area contributed by atoms with E-state index in [0.29, 0.717) is 0 Å². The van der Waals surface area contributed by atoms with Gasteiger partial charge in [-0.25, -0.2) is 9.78 Å². The number of halogens is 3. The number of aromatic nitrogens is 2. The van der Waals surface area contributed by atoms with Crippen LogP contribution in [0.15, 0.2) is 47.4 Å². The molecule has 0 unspecified atom stereocenters. The maximum Gasteiger partial charge on any atom is 0.416 e. The van der Waals surface area contributed by atoms with Crippen LogP contribution in [-0.4, -0.2) is 22.6 Å². The topological polar surface area (TPSA) is 87.2 Å². The summed E-state index contributed by atoms with van der Waals surface area (Å²) in [6.07, 6.45) is -3.25. The molecule has 6 nitrogen and oxygen atoms in total. The average molecular weight is 363 g/mol. The van der Waals surface area contributed by atoms with Crippen molar-refractivity contribution in [1.82, 2.24) is 9.55 Å².